The molecule has 4 heteroatoms. The highest BCUT2D eigenvalue weighted by atomic mass is 16.5. The smallest absolute Gasteiger partial charge is 0.119 e. The molecule has 0 bridgehead atoms. The number of aromatic nitrogens is 1. The zero-order chi connectivity index (χ0) is 19.9. The van der Waals surface area contributed by atoms with E-state index in [-0.39, 0.29) is 0 Å². The molecule has 0 fully saturated rings. The molecule has 0 spiro atoms. The summed E-state index contributed by atoms with van der Waals surface area (Å²) in [7, 11) is 1.66. The molecule has 28 heavy (non-hydrogen) atoms. The second-order valence-electron chi connectivity index (χ2n) is 7.03. The molecule has 148 valence electrons. The van der Waals surface area contributed by atoms with E-state index in [2.05, 4.69) is 18.7 Å². The van der Waals surface area contributed by atoms with E-state index in [9.17, 15) is 5.11 Å². The summed E-state index contributed by atoms with van der Waals surface area (Å²) in [6.45, 7) is 7.44. The normalized spacial score (nSPS) is 12.5. The molecule has 0 saturated carbocycles. The predicted octanol–water partition coefficient (Wildman–Crippen LogP) is 5.07. The maximum Gasteiger partial charge on any atom is 0.119 e. The third-order valence-electron chi connectivity index (χ3n) is 5.32. The summed E-state index contributed by atoms with van der Waals surface area (Å²) in [6, 6.07) is 18.0. The highest BCUT2D eigenvalue weighted by Gasteiger charge is 2.16. The summed E-state index contributed by atoms with van der Waals surface area (Å²) in [6.07, 6.45) is 1.15. The first kappa shape index (κ1) is 20.3. The van der Waals surface area contributed by atoms with Gasteiger partial charge in [-0.2, -0.15) is 0 Å². The van der Waals surface area contributed by atoms with Crippen LogP contribution in [0.1, 0.15) is 38.4 Å². The van der Waals surface area contributed by atoms with Gasteiger partial charge >= 0.3 is 0 Å². The summed E-state index contributed by atoms with van der Waals surface area (Å²) in [4.78, 5) is 7.21. The third kappa shape index (κ3) is 4.70. The average molecular weight is 379 g/mol. The number of ether oxygens (including phenoxy) is 1. The van der Waals surface area contributed by atoms with Gasteiger partial charge in [-0.25, -0.2) is 4.98 Å². The minimum absolute atomic E-state index is 0.532. The maximum atomic E-state index is 11.0. The van der Waals surface area contributed by atoms with Crippen LogP contribution < -0.4 is 4.74 Å². The molecule has 0 aliphatic rings. The molecular formula is C24H30N2O2. The SMILES string of the molecule is CCN(CC)CCCC(O)c1cc(-c2ccccc2)nc2ccc(OC)cc12. The van der Waals surface area contributed by atoms with Crippen molar-refractivity contribution in [2.24, 2.45) is 0 Å². The van der Waals surface area contributed by atoms with Crippen molar-refractivity contribution in [3.05, 3.63) is 60.2 Å². The summed E-state index contributed by atoms with van der Waals surface area (Å²) in [5, 5.41) is 12.0. The minimum atomic E-state index is -0.532. The number of aliphatic hydroxyl groups excluding tert-OH is 1. The fourth-order valence-electron chi connectivity index (χ4n) is 3.59. The van der Waals surface area contributed by atoms with Crippen LogP contribution in [0.3, 0.4) is 0 Å². The molecule has 0 radical (unpaired) electrons. The van der Waals surface area contributed by atoms with Gasteiger partial charge in [0.15, 0.2) is 0 Å². The topological polar surface area (TPSA) is 45.6 Å². The Bertz CT molecular complexity index is 892. The standard InChI is InChI=1S/C24H30N2O2/c1-4-26(5-2)15-9-12-24(27)21-17-23(18-10-7-6-8-11-18)25-22-14-13-19(28-3)16-20(21)22/h6-8,10-11,13-14,16-17,24,27H,4-5,9,12,15H2,1-3H3. The van der Waals surface area contributed by atoms with Gasteiger partial charge in [0.05, 0.1) is 24.4 Å². The molecule has 3 rings (SSSR count). The zero-order valence-corrected chi connectivity index (χ0v) is 17.1. The molecule has 2 aromatic carbocycles. The van der Waals surface area contributed by atoms with E-state index in [1.807, 2.05) is 54.6 Å². The highest BCUT2D eigenvalue weighted by Crippen LogP contribution is 2.32. The van der Waals surface area contributed by atoms with Gasteiger partial charge in [0.1, 0.15) is 5.75 Å². The molecule has 1 heterocycles. The Morgan fingerprint density at radius 1 is 1.04 bits per heavy atom. The van der Waals surface area contributed by atoms with Gasteiger partial charge in [-0.05, 0) is 62.3 Å². The first-order chi connectivity index (χ1) is 13.7. The Morgan fingerprint density at radius 3 is 2.46 bits per heavy atom. The highest BCUT2D eigenvalue weighted by molar-refractivity contribution is 5.86. The van der Waals surface area contributed by atoms with Crippen LogP contribution in [0, 0.1) is 0 Å². The minimum Gasteiger partial charge on any atom is -0.497 e. The van der Waals surface area contributed by atoms with Crippen LogP contribution in [0.4, 0.5) is 0 Å². The van der Waals surface area contributed by atoms with Crippen LogP contribution >= 0.6 is 0 Å². The number of rotatable bonds is 9. The second-order valence-corrected chi connectivity index (χ2v) is 7.03. The molecule has 1 unspecified atom stereocenters. The molecule has 1 atom stereocenters. The zero-order valence-electron chi connectivity index (χ0n) is 17.1. The maximum absolute atomic E-state index is 11.0. The van der Waals surface area contributed by atoms with Crippen LogP contribution in [0.5, 0.6) is 5.75 Å². The number of fused-ring (bicyclic) bond motifs is 1. The molecule has 1 N–H and O–H groups in total. The fraction of sp³-hybridized carbons (Fsp3) is 0.375. The Hall–Kier alpha value is -2.43. The van der Waals surface area contributed by atoms with E-state index in [1.165, 1.54) is 0 Å². The number of hydrogen-bond acceptors (Lipinski definition) is 4. The van der Waals surface area contributed by atoms with Crippen molar-refractivity contribution in [1.82, 2.24) is 9.88 Å². The van der Waals surface area contributed by atoms with Crippen LogP contribution in [0.25, 0.3) is 22.2 Å². The Kier molecular flexibility index (Phi) is 7.01. The second kappa shape index (κ2) is 9.67. The molecule has 0 aliphatic carbocycles. The van der Waals surface area contributed by atoms with E-state index >= 15 is 0 Å². The van der Waals surface area contributed by atoms with E-state index in [0.29, 0.717) is 0 Å². The van der Waals surface area contributed by atoms with Gasteiger partial charge < -0.3 is 14.7 Å². The number of aliphatic hydroxyl groups is 1. The van der Waals surface area contributed by atoms with Gasteiger partial charge in [0, 0.05) is 10.9 Å². The van der Waals surface area contributed by atoms with Crippen molar-refractivity contribution < 1.29 is 9.84 Å². The predicted molar refractivity (Wildman–Crippen MR) is 116 cm³/mol. The average Bonchev–Trinajstić information content (AvgIpc) is 2.76. The number of hydrogen-bond donors (Lipinski definition) is 1. The van der Waals surface area contributed by atoms with Crippen molar-refractivity contribution in [3.63, 3.8) is 0 Å². The van der Waals surface area contributed by atoms with Crippen molar-refractivity contribution in [1.29, 1.82) is 0 Å². The van der Waals surface area contributed by atoms with Crippen molar-refractivity contribution in [2.75, 3.05) is 26.7 Å². The van der Waals surface area contributed by atoms with Crippen LogP contribution in [-0.2, 0) is 0 Å². The quantitative estimate of drug-likeness (QED) is 0.565. The Labute approximate surface area is 167 Å². The summed E-state index contributed by atoms with van der Waals surface area (Å²) in [5.41, 5.74) is 3.73. The molecule has 3 aromatic rings. The number of nitrogens with zero attached hydrogens (tertiary/aromatic N) is 2. The lowest BCUT2D eigenvalue weighted by molar-refractivity contribution is 0.158. The Morgan fingerprint density at radius 2 is 1.79 bits per heavy atom. The monoisotopic (exact) mass is 378 g/mol. The van der Waals surface area contributed by atoms with Gasteiger partial charge in [0.2, 0.25) is 0 Å². The van der Waals surface area contributed by atoms with E-state index in [1.54, 1.807) is 7.11 Å². The number of benzene rings is 2. The molecule has 0 aliphatic heterocycles. The third-order valence-corrected chi connectivity index (χ3v) is 5.32. The van der Waals surface area contributed by atoms with Gasteiger partial charge in [-0.3, -0.25) is 0 Å². The number of methoxy groups -OCH3 is 1. The summed E-state index contributed by atoms with van der Waals surface area (Å²) < 4.78 is 5.40. The van der Waals surface area contributed by atoms with E-state index in [0.717, 1.165) is 65.9 Å². The van der Waals surface area contributed by atoms with Crippen molar-refractivity contribution in [2.45, 2.75) is 32.8 Å². The first-order valence-electron chi connectivity index (χ1n) is 10.1. The molecular weight excluding hydrogens is 348 g/mol. The largest absolute Gasteiger partial charge is 0.497 e. The lowest BCUT2D eigenvalue weighted by atomic mass is 9.97. The summed E-state index contributed by atoms with van der Waals surface area (Å²) in [5.74, 6) is 0.776. The Balaban J connectivity index is 1.95. The van der Waals surface area contributed by atoms with Crippen LogP contribution in [0.15, 0.2) is 54.6 Å². The van der Waals surface area contributed by atoms with E-state index < -0.39 is 6.10 Å². The molecule has 4 nitrogen and oxygen atoms in total. The van der Waals surface area contributed by atoms with Crippen molar-refractivity contribution in [3.8, 4) is 17.0 Å². The first-order valence-corrected chi connectivity index (χ1v) is 10.1. The number of pyridine rings is 1. The lowest BCUT2D eigenvalue weighted by Gasteiger charge is -2.20. The van der Waals surface area contributed by atoms with Gasteiger partial charge in [-0.1, -0.05) is 44.2 Å². The van der Waals surface area contributed by atoms with Crippen LogP contribution in [0.2, 0.25) is 0 Å². The van der Waals surface area contributed by atoms with Gasteiger partial charge in [0.25, 0.3) is 0 Å². The lowest BCUT2D eigenvalue weighted by Crippen LogP contribution is -2.24. The fourth-order valence-corrected chi connectivity index (χ4v) is 3.59. The van der Waals surface area contributed by atoms with E-state index in [4.69, 9.17) is 9.72 Å². The molecule has 0 amide bonds. The molecule has 0 saturated heterocycles. The van der Waals surface area contributed by atoms with Crippen LogP contribution in [-0.4, -0.2) is 41.7 Å². The van der Waals surface area contributed by atoms with Gasteiger partial charge in [-0.15, -0.1) is 0 Å². The van der Waals surface area contributed by atoms with Crippen molar-refractivity contribution >= 4 is 10.9 Å². The summed E-state index contributed by atoms with van der Waals surface area (Å²) >= 11 is 0. The molecule has 1 aromatic heterocycles.